The molecule has 0 heterocycles. The number of carbonyl (C=O) groups excluding carboxylic acids is 2. The molecule has 0 saturated heterocycles. The quantitative estimate of drug-likeness (QED) is 0.140. The Bertz CT molecular complexity index is 1250. The molecule has 1 fully saturated rings. The topological polar surface area (TPSA) is 88.5 Å². The molecule has 1 aromatic rings. The van der Waals surface area contributed by atoms with Crippen LogP contribution < -0.4 is 4.90 Å². The Morgan fingerprint density at radius 1 is 1.17 bits per heavy atom. The maximum Gasteiger partial charge on any atom is 0.316 e. The molecule has 0 N–H and O–H groups in total. The van der Waals surface area contributed by atoms with Crippen molar-refractivity contribution in [2.45, 2.75) is 51.0 Å². The number of ether oxygens (including phenoxy) is 2. The van der Waals surface area contributed by atoms with Gasteiger partial charge in [-0.3, -0.25) is 9.59 Å². The monoisotopic (exact) mass is 573 g/mol. The van der Waals surface area contributed by atoms with Crippen molar-refractivity contribution in [2.24, 2.45) is 11.1 Å². The number of nitrogens with zero attached hydrogens (tertiary/aromatic N) is 3. The maximum absolute atomic E-state index is 12.8. The molecule has 0 aliphatic heterocycles. The minimum absolute atomic E-state index is 0.0675. The van der Waals surface area contributed by atoms with Crippen molar-refractivity contribution in [1.29, 1.82) is 0 Å². The predicted molar refractivity (Wildman–Crippen MR) is 168 cm³/mol. The van der Waals surface area contributed by atoms with E-state index < -0.39 is 5.91 Å². The average molecular weight is 574 g/mol. The average Bonchev–Trinajstić information content (AvgIpc) is 3.24. The highest BCUT2D eigenvalue weighted by Gasteiger charge is 2.21. The van der Waals surface area contributed by atoms with E-state index in [1.165, 1.54) is 32.1 Å². The Kier molecular flexibility index (Phi) is 13.0. The molecule has 1 unspecified atom stereocenters. The van der Waals surface area contributed by atoms with E-state index in [1.54, 1.807) is 44.3 Å². The summed E-state index contributed by atoms with van der Waals surface area (Å²) < 4.78 is 11.4. The van der Waals surface area contributed by atoms with Crippen LogP contribution in [0.3, 0.4) is 0 Å². The lowest BCUT2D eigenvalue weighted by Crippen LogP contribution is -2.37. The van der Waals surface area contributed by atoms with E-state index >= 15 is 0 Å². The van der Waals surface area contributed by atoms with Crippen molar-refractivity contribution < 1.29 is 19.1 Å². The van der Waals surface area contributed by atoms with Crippen molar-refractivity contribution in [2.75, 3.05) is 39.2 Å². The van der Waals surface area contributed by atoms with Gasteiger partial charge in [0.05, 0.1) is 13.7 Å². The summed E-state index contributed by atoms with van der Waals surface area (Å²) in [6.45, 7) is 4.43. The highest BCUT2D eigenvalue weighted by molar-refractivity contribution is 5.96. The lowest BCUT2D eigenvalue weighted by atomic mass is 9.84. The number of hydrogen-bond donors (Lipinski definition) is 0. The first-order valence-corrected chi connectivity index (χ1v) is 14.5. The Hall–Kier alpha value is -4.20. The number of anilines is 1. The van der Waals surface area contributed by atoms with Gasteiger partial charge in [-0.15, -0.1) is 4.91 Å². The van der Waals surface area contributed by atoms with E-state index in [1.807, 2.05) is 59.6 Å². The number of likely N-dealkylation sites (N-methyl/N-ethyl adjacent to an activating group) is 1. The molecule has 42 heavy (non-hydrogen) atoms. The van der Waals surface area contributed by atoms with E-state index in [2.05, 4.69) is 11.8 Å². The van der Waals surface area contributed by atoms with Gasteiger partial charge >= 0.3 is 5.91 Å². The van der Waals surface area contributed by atoms with Crippen molar-refractivity contribution in [1.82, 2.24) is 4.90 Å². The third kappa shape index (κ3) is 10.0. The smallest absolute Gasteiger partial charge is 0.316 e. The summed E-state index contributed by atoms with van der Waals surface area (Å²) in [6, 6.07) is 5.27. The van der Waals surface area contributed by atoms with Crippen LogP contribution in [0.25, 0.3) is 0 Å². The maximum atomic E-state index is 12.8. The fourth-order valence-corrected chi connectivity index (χ4v) is 5.06. The zero-order valence-electron chi connectivity index (χ0n) is 25.0. The fourth-order valence-electron chi connectivity index (χ4n) is 5.06. The second kappa shape index (κ2) is 16.9. The number of amides is 2. The molecule has 8 nitrogen and oxygen atoms in total. The van der Waals surface area contributed by atoms with Crippen LogP contribution >= 0.6 is 0 Å². The Morgan fingerprint density at radius 3 is 2.64 bits per heavy atom. The molecule has 3 rings (SSSR count). The largest absolute Gasteiger partial charge is 0.501 e. The first-order chi connectivity index (χ1) is 20.3. The molecule has 0 radical (unpaired) electrons. The fraction of sp³-hybridized carbons (Fsp3) is 0.412. The highest BCUT2D eigenvalue weighted by atomic mass is 16.5. The predicted octanol–water partition coefficient (Wildman–Crippen LogP) is 6.67. The molecular formula is C34H43N3O5. The number of rotatable bonds is 14. The number of nitroso groups, excluding NO2 is 1. The zero-order chi connectivity index (χ0) is 30.3. The SMILES string of the molecule is C=CC(C=C/C=C/CN(CC(=O)N(C)C)c1cc(C(=O)N=O)ccc1CC1CCCCC1)OC1=CC=CCC(OC)=C1. The van der Waals surface area contributed by atoms with Crippen LogP contribution in [0.15, 0.2) is 96.2 Å². The van der Waals surface area contributed by atoms with Gasteiger partial charge in [0.25, 0.3) is 0 Å². The van der Waals surface area contributed by atoms with Crippen LogP contribution in [0.2, 0.25) is 0 Å². The number of hydrogen-bond acceptors (Lipinski definition) is 6. The van der Waals surface area contributed by atoms with Gasteiger partial charge in [-0.05, 0) is 48.3 Å². The van der Waals surface area contributed by atoms with Gasteiger partial charge < -0.3 is 19.3 Å². The van der Waals surface area contributed by atoms with Crippen molar-refractivity contribution in [3.63, 3.8) is 0 Å². The molecule has 0 aromatic heterocycles. The molecule has 224 valence electrons. The van der Waals surface area contributed by atoms with Crippen LogP contribution in [0.5, 0.6) is 0 Å². The summed E-state index contributed by atoms with van der Waals surface area (Å²) in [5, 5.41) is 2.62. The van der Waals surface area contributed by atoms with Gasteiger partial charge in [-0.1, -0.05) is 75.1 Å². The molecule has 1 atom stereocenters. The molecule has 8 heteroatoms. The van der Waals surface area contributed by atoms with Gasteiger partial charge in [0, 0.05) is 49.6 Å². The van der Waals surface area contributed by atoms with Crippen molar-refractivity contribution in [3.8, 4) is 0 Å². The molecule has 1 aromatic carbocycles. The first kappa shape index (κ1) is 32.3. The lowest BCUT2D eigenvalue weighted by molar-refractivity contribution is -0.127. The number of carbonyl (C=O) groups is 2. The lowest BCUT2D eigenvalue weighted by Gasteiger charge is -2.29. The standard InChI is InChI=1S/C34H43N3O5/c1-5-29(42-31-18-12-11-17-30(24-31)41-4)16-10-7-13-21-37(25-33(38)36(2)3)32-23-28(34(39)35-40)20-19-27(32)22-26-14-8-6-9-15-26/h5,7,10-13,16,18-20,23-24,26,29H,1,6,8-9,14-15,17,21-22,25H2,2-4H3/b13-7+,16-10?. The van der Waals surface area contributed by atoms with Gasteiger partial charge in [0.1, 0.15) is 17.6 Å². The molecule has 0 spiro atoms. The zero-order valence-corrected chi connectivity index (χ0v) is 25.0. The normalized spacial score (nSPS) is 16.4. The summed E-state index contributed by atoms with van der Waals surface area (Å²) in [5.41, 5.74) is 2.06. The Labute approximate surface area is 249 Å². The van der Waals surface area contributed by atoms with Crippen LogP contribution in [-0.4, -0.2) is 57.1 Å². The van der Waals surface area contributed by atoms with Crippen LogP contribution in [0, 0.1) is 10.8 Å². The summed E-state index contributed by atoms with van der Waals surface area (Å²) in [4.78, 5) is 39.5. The van der Waals surface area contributed by atoms with Crippen molar-refractivity contribution in [3.05, 3.63) is 107 Å². The number of benzene rings is 1. The molecule has 2 amide bonds. The van der Waals surface area contributed by atoms with E-state index in [4.69, 9.17) is 9.47 Å². The Morgan fingerprint density at radius 2 is 1.95 bits per heavy atom. The van der Waals surface area contributed by atoms with E-state index in [0.717, 1.165) is 23.4 Å². The summed E-state index contributed by atoms with van der Waals surface area (Å²) in [6.07, 6.45) is 24.3. The third-order valence-electron chi connectivity index (χ3n) is 7.47. The van der Waals surface area contributed by atoms with Gasteiger partial charge in [-0.2, -0.15) is 0 Å². The highest BCUT2D eigenvalue weighted by Crippen LogP contribution is 2.32. The summed E-state index contributed by atoms with van der Waals surface area (Å²) >= 11 is 0. The molecule has 2 aliphatic rings. The summed E-state index contributed by atoms with van der Waals surface area (Å²) in [5.74, 6) is 1.16. The van der Waals surface area contributed by atoms with Gasteiger partial charge in [-0.25, -0.2) is 0 Å². The van der Waals surface area contributed by atoms with Gasteiger partial charge in [0.15, 0.2) is 0 Å². The first-order valence-electron chi connectivity index (χ1n) is 14.5. The van der Waals surface area contributed by atoms with E-state index in [-0.39, 0.29) is 24.1 Å². The number of allylic oxidation sites excluding steroid dienone is 6. The van der Waals surface area contributed by atoms with Crippen LogP contribution in [0.4, 0.5) is 5.69 Å². The van der Waals surface area contributed by atoms with E-state index in [9.17, 15) is 14.5 Å². The van der Waals surface area contributed by atoms with Gasteiger partial charge in [0.2, 0.25) is 5.91 Å². The third-order valence-corrected chi connectivity index (χ3v) is 7.47. The molecule has 0 bridgehead atoms. The molecule has 2 aliphatic carbocycles. The minimum atomic E-state index is -0.819. The second-order valence-corrected chi connectivity index (χ2v) is 10.8. The van der Waals surface area contributed by atoms with E-state index in [0.29, 0.717) is 24.6 Å². The van der Waals surface area contributed by atoms with Crippen LogP contribution in [0.1, 0.15) is 54.4 Å². The second-order valence-electron chi connectivity index (χ2n) is 10.8. The summed E-state index contributed by atoms with van der Waals surface area (Å²) in [7, 11) is 5.08. The van der Waals surface area contributed by atoms with Crippen molar-refractivity contribution >= 4 is 17.5 Å². The van der Waals surface area contributed by atoms with Crippen LogP contribution in [-0.2, 0) is 20.7 Å². The Balaban J connectivity index is 1.81. The molecule has 1 saturated carbocycles. The number of methoxy groups -OCH3 is 1. The minimum Gasteiger partial charge on any atom is -0.501 e. The molecular weight excluding hydrogens is 530 g/mol.